The van der Waals surface area contributed by atoms with Crippen LogP contribution in [-0.4, -0.2) is 31.1 Å². The molecular weight excluding hydrogens is 284 g/mol. The van der Waals surface area contributed by atoms with E-state index in [-0.39, 0.29) is 6.61 Å². The summed E-state index contributed by atoms with van der Waals surface area (Å²) in [4.78, 5) is 8.60. The predicted molar refractivity (Wildman–Crippen MR) is 82.3 cm³/mol. The largest absolute Gasteiger partial charge is 0.390 e. The minimum atomic E-state index is -0.0810. The molecule has 2 aromatic heterocycles. The zero-order chi connectivity index (χ0) is 14.7. The molecule has 0 saturated carbocycles. The number of aliphatic hydroxyl groups is 1. The quantitative estimate of drug-likeness (QED) is 0.592. The Bertz CT molecular complexity index is 742. The maximum absolute atomic E-state index is 9.54. The van der Waals surface area contributed by atoms with Crippen molar-refractivity contribution in [3.8, 4) is 17.1 Å². The summed E-state index contributed by atoms with van der Waals surface area (Å²) in [7, 11) is 0. The van der Waals surface area contributed by atoms with E-state index in [1.54, 1.807) is 10.9 Å². The van der Waals surface area contributed by atoms with Gasteiger partial charge in [0.15, 0.2) is 5.16 Å². The summed E-state index contributed by atoms with van der Waals surface area (Å²) in [5.74, 6) is 0. The van der Waals surface area contributed by atoms with Gasteiger partial charge in [0.25, 0.3) is 0 Å². The molecule has 3 rings (SSSR count). The molecule has 0 fully saturated rings. The van der Waals surface area contributed by atoms with Gasteiger partial charge in [0, 0.05) is 6.20 Å². The third kappa shape index (κ3) is 2.81. The minimum Gasteiger partial charge on any atom is -0.390 e. The van der Waals surface area contributed by atoms with Crippen LogP contribution < -0.4 is 0 Å². The molecule has 0 aliphatic heterocycles. The molecule has 0 aliphatic rings. The van der Waals surface area contributed by atoms with Crippen LogP contribution in [0, 0.1) is 0 Å². The molecule has 5 nitrogen and oxygen atoms in total. The number of aromatic nitrogens is 4. The van der Waals surface area contributed by atoms with Crippen molar-refractivity contribution in [2.75, 3.05) is 6.26 Å². The molecule has 1 aromatic carbocycles. The highest BCUT2D eigenvalue weighted by atomic mass is 32.2. The monoisotopic (exact) mass is 298 g/mol. The van der Waals surface area contributed by atoms with Crippen LogP contribution in [0.2, 0.25) is 0 Å². The van der Waals surface area contributed by atoms with E-state index in [2.05, 4.69) is 15.1 Å². The Balaban J connectivity index is 2.07. The zero-order valence-electron chi connectivity index (χ0n) is 11.5. The molecule has 0 unspecified atom stereocenters. The van der Waals surface area contributed by atoms with Gasteiger partial charge in [-0.25, -0.2) is 14.6 Å². The molecule has 0 spiro atoms. The van der Waals surface area contributed by atoms with Crippen LogP contribution in [0.15, 0.2) is 53.8 Å². The van der Waals surface area contributed by atoms with Crippen molar-refractivity contribution in [1.29, 1.82) is 0 Å². The van der Waals surface area contributed by atoms with E-state index in [1.807, 2.05) is 48.7 Å². The normalized spacial score (nSPS) is 10.8. The van der Waals surface area contributed by atoms with Gasteiger partial charge in [-0.15, -0.1) is 0 Å². The second-order valence-electron chi connectivity index (χ2n) is 4.35. The average molecular weight is 298 g/mol. The van der Waals surface area contributed by atoms with Crippen molar-refractivity contribution >= 4 is 11.8 Å². The summed E-state index contributed by atoms with van der Waals surface area (Å²) < 4.78 is 1.73. The van der Waals surface area contributed by atoms with E-state index >= 15 is 0 Å². The van der Waals surface area contributed by atoms with E-state index in [1.165, 1.54) is 11.8 Å². The first-order valence-corrected chi connectivity index (χ1v) is 7.67. The standard InChI is InChI=1S/C15H14N4OS/c1-21-15-16-8-7-13(17-15)14-9-12(10-20)19(18-14)11-5-3-2-4-6-11/h2-9,20H,10H2,1H3. The van der Waals surface area contributed by atoms with Gasteiger partial charge in [-0.1, -0.05) is 30.0 Å². The number of hydrogen-bond donors (Lipinski definition) is 1. The van der Waals surface area contributed by atoms with Gasteiger partial charge in [-0.2, -0.15) is 5.10 Å². The highest BCUT2D eigenvalue weighted by molar-refractivity contribution is 7.98. The highest BCUT2D eigenvalue weighted by Gasteiger charge is 2.12. The number of para-hydroxylation sites is 1. The summed E-state index contributed by atoms with van der Waals surface area (Å²) >= 11 is 1.48. The lowest BCUT2D eigenvalue weighted by molar-refractivity contribution is 0.273. The molecule has 106 valence electrons. The van der Waals surface area contributed by atoms with E-state index in [0.717, 1.165) is 22.8 Å². The second-order valence-corrected chi connectivity index (χ2v) is 5.13. The lowest BCUT2D eigenvalue weighted by atomic mass is 10.2. The lowest BCUT2D eigenvalue weighted by Crippen LogP contribution is -2.01. The van der Waals surface area contributed by atoms with E-state index < -0.39 is 0 Å². The zero-order valence-corrected chi connectivity index (χ0v) is 12.3. The third-order valence-corrected chi connectivity index (χ3v) is 3.59. The Morgan fingerprint density at radius 1 is 1.14 bits per heavy atom. The van der Waals surface area contributed by atoms with E-state index in [0.29, 0.717) is 5.16 Å². The van der Waals surface area contributed by atoms with Crippen LogP contribution in [0.3, 0.4) is 0 Å². The number of rotatable bonds is 4. The summed E-state index contributed by atoms with van der Waals surface area (Å²) in [6.45, 7) is -0.0810. The van der Waals surface area contributed by atoms with Crippen LogP contribution in [0.1, 0.15) is 5.69 Å². The van der Waals surface area contributed by atoms with Crippen LogP contribution in [0.25, 0.3) is 17.1 Å². The summed E-state index contributed by atoms with van der Waals surface area (Å²) in [5.41, 5.74) is 3.10. The summed E-state index contributed by atoms with van der Waals surface area (Å²) in [5, 5.41) is 14.8. The van der Waals surface area contributed by atoms with Gasteiger partial charge in [-0.05, 0) is 30.5 Å². The Morgan fingerprint density at radius 2 is 1.95 bits per heavy atom. The van der Waals surface area contributed by atoms with Crippen molar-refractivity contribution in [2.45, 2.75) is 11.8 Å². The molecular formula is C15H14N4OS. The minimum absolute atomic E-state index is 0.0810. The number of hydrogen-bond acceptors (Lipinski definition) is 5. The number of thioether (sulfide) groups is 1. The first-order chi connectivity index (χ1) is 10.3. The number of benzene rings is 1. The number of aliphatic hydroxyl groups excluding tert-OH is 1. The maximum Gasteiger partial charge on any atom is 0.187 e. The molecule has 1 N–H and O–H groups in total. The molecule has 2 heterocycles. The first-order valence-electron chi connectivity index (χ1n) is 6.44. The third-order valence-electron chi connectivity index (χ3n) is 3.02. The Morgan fingerprint density at radius 3 is 2.67 bits per heavy atom. The molecule has 0 aliphatic carbocycles. The molecule has 0 saturated heterocycles. The topological polar surface area (TPSA) is 63.8 Å². The van der Waals surface area contributed by atoms with Gasteiger partial charge in [0.1, 0.15) is 5.69 Å². The molecule has 0 amide bonds. The summed E-state index contributed by atoms with van der Waals surface area (Å²) in [6, 6.07) is 13.4. The van der Waals surface area contributed by atoms with Crippen LogP contribution in [-0.2, 0) is 6.61 Å². The average Bonchev–Trinajstić information content (AvgIpc) is 3.00. The fourth-order valence-electron chi connectivity index (χ4n) is 2.03. The van der Waals surface area contributed by atoms with Crippen LogP contribution in [0.4, 0.5) is 0 Å². The second kappa shape index (κ2) is 6.07. The van der Waals surface area contributed by atoms with Gasteiger partial charge >= 0.3 is 0 Å². The number of nitrogens with zero attached hydrogens (tertiary/aromatic N) is 4. The van der Waals surface area contributed by atoms with Crippen molar-refractivity contribution in [3.05, 3.63) is 54.4 Å². The van der Waals surface area contributed by atoms with Gasteiger partial charge in [-0.3, -0.25) is 0 Å². The lowest BCUT2D eigenvalue weighted by Gasteiger charge is -2.04. The van der Waals surface area contributed by atoms with Gasteiger partial charge < -0.3 is 5.11 Å². The first kappa shape index (κ1) is 13.8. The Hall–Kier alpha value is -2.18. The van der Waals surface area contributed by atoms with Gasteiger partial charge in [0.05, 0.1) is 23.7 Å². The fourth-order valence-corrected chi connectivity index (χ4v) is 2.39. The van der Waals surface area contributed by atoms with Crippen molar-refractivity contribution in [1.82, 2.24) is 19.7 Å². The predicted octanol–water partition coefficient (Wildman–Crippen LogP) is 2.54. The molecule has 0 atom stereocenters. The molecule has 0 bridgehead atoms. The molecule has 6 heteroatoms. The smallest absolute Gasteiger partial charge is 0.187 e. The van der Waals surface area contributed by atoms with Crippen LogP contribution in [0.5, 0.6) is 0 Å². The fraction of sp³-hybridized carbons (Fsp3) is 0.133. The van der Waals surface area contributed by atoms with Gasteiger partial charge in [0.2, 0.25) is 0 Å². The van der Waals surface area contributed by atoms with Crippen molar-refractivity contribution < 1.29 is 5.11 Å². The highest BCUT2D eigenvalue weighted by Crippen LogP contribution is 2.21. The van der Waals surface area contributed by atoms with Crippen molar-refractivity contribution in [3.63, 3.8) is 0 Å². The van der Waals surface area contributed by atoms with E-state index in [4.69, 9.17) is 0 Å². The van der Waals surface area contributed by atoms with E-state index in [9.17, 15) is 5.11 Å². The summed E-state index contributed by atoms with van der Waals surface area (Å²) in [6.07, 6.45) is 3.65. The Kier molecular flexibility index (Phi) is 3.98. The molecule has 21 heavy (non-hydrogen) atoms. The van der Waals surface area contributed by atoms with Crippen LogP contribution >= 0.6 is 11.8 Å². The molecule has 0 radical (unpaired) electrons. The molecule has 3 aromatic rings. The SMILES string of the molecule is CSc1nccc(-c2cc(CO)n(-c3ccccc3)n2)n1. The van der Waals surface area contributed by atoms with Crippen molar-refractivity contribution in [2.24, 2.45) is 0 Å². The maximum atomic E-state index is 9.54. The Labute approximate surface area is 126 Å².